The number of nitrogens with two attached hydrogens (primary N) is 1. The molecule has 2 amide bonds. The second-order valence-corrected chi connectivity index (χ2v) is 5.41. The largest absolute Gasteiger partial charge is 0.368 e. The Kier molecular flexibility index (Phi) is 5.35. The molecule has 0 atom stereocenters. The van der Waals surface area contributed by atoms with Crippen molar-refractivity contribution in [1.82, 2.24) is 9.78 Å². The zero-order valence-electron chi connectivity index (χ0n) is 13.3. The molecule has 0 spiro atoms. The van der Waals surface area contributed by atoms with Crippen LogP contribution in [0.3, 0.4) is 0 Å². The van der Waals surface area contributed by atoms with Crippen molar-refractivity contribution in [1.29, 1.82) is 0 Å². The Labute approximate surface area is 135 Å². The van der Waals surface area contributed by atoms with Gasteiger partial charge in [-0.1, -0.05) is 18.2 Å². The summed E-state index contributed by atoms with van der Waals surface area (Å²) >= 11 is 0. The lowest BCUT2D eigenvalue weighted by molar-refractivity contribution is -0.119. The number of aromatic nitrogens is 2. The molecule has 0 radical (unpaired) electrons. The van der Waals surface area contributed by atoms with Crippen molar-refractivity contribution >= 4 is 23.3 Å². The fraction of sp³-hybridized carbons (Fsp3) is 0.312. The second-order valence-electron chi connectivity index (χ2n) is 5.41. The van der Waals surface area contributed by atoms with Gasteiger partial charge in [0.25, 0.3) is 0 Å². The summed E-state index contributed by atoms with van der Waals surface area (Å²) in [5.74, 6) is -0.00203. The third-order valence-corrected chi connectivity index (χ3v) is 3.20. The first-order valence-corrected chi connectivity index (χ1v) is 7.40. The van der Waals surface area contributed by atoms with E-state index in [1.165, 1.54) is 4.68 Å². The molecule has 0 aliphatic rings. The minimum Gasteiger partial charge on any atom is -0.368 e. The van der Waals surface area contributed by atoms with Crippen molar-refractivity contribution in [3.63, 3.8) is 0 Å². The van der Waals surface area contributed by atoms with Gasteiger partial charge < -0.3 is 16.0 Å². The number of carbonyl (C=O) groups is 2. The number of primary amides is 1. The monoisotopic (exact) mass is 315 g/mol. The summed E-state index contributed by atoms with van der Waals surface area (Å²) in [5.41, 5.74) is 5.97. The molecule has 3 N–H and O–H groups in total. The smallest absolute Gasteiger partial charge is 0.246 e. The minimum atomic E-state index is -0.467. The molecule has 0 unspecified atom stereocenters. The lowest BCUT2D eigenvalue weighted by atomic mass is 10.2. The Balaban J connectivity index is 1.99. The molecule has 0 aliphatic heterocycles. The highest BCUT2D eigenvalue weighted by Crippen LogP contribution is 2.16. The molecule has 0 aliphatic carbocycles. The van der Waals surface area contributed by atoms with Gasteiger partial charge in [0.05, 0.1) is 6.54 Å². The lowest BCUT2D eigenvalue weighted by Crippen LogP contribution is -2.40. The number of rotatable bonds is 7. The van der Waals surface area contributed by atoms with E-state index in [0.717, 1.165) is 5.69 Å². The van der Waals surface area contributed by atoms with E-state index in [0.29, 0.717) is 5.82 Å². The number of nitrogens with zero attached hydrogens (tertiary/aromatic N) is 3. The van der Waals surface area contributed by atoms with Crippen molar-refractivity contribution in [3.8, 4) is 0 Å². The van der Waals surface area contributed by atoms with E-state index in [2.05, 4.69) is 10.4 Å². The first-order valence-electron chi connectivity index (χ1n) is 7.40. The summed E-state index contributed by atoms with van der Waals surface area (Å²) in [5, 5.41) is 7.10. The number of amides is 2. The van der Waals surface area contributed by atoms with Gasteiger partial charge in [-0.25, -0.2) is 0 Å². The molecule has 0 saturated heterocycles. The van der Waals surface area contributed by atoms with Gasteiger partial charge in [-0.15, -0.1) is 0 Å². The predicted octanol–water partition coefficient (Wildman–Crippen LogP) is 1.22. The summed E-state index contributed by atoms with van der Waals surface area (Å²) in [7, 11) is 0. The highest BCUT2D eigenvalue weighted by molar-refractivity contribution is 5.96. The van der Waals surface area contributed by atoms with E-state index in [1.807, 2.05) is 44.2 Å². The van der Waals surface area contributed by atoms with E-state index < -0.39 is 5.91 Å². The fourth-order valence-corrected chi connectivity index (χ4v) is 2.27. The van der Waals surface area contributed by atoms with Crippen LogP contribution in [0.15, 0.2) is 42.6 Å². The van der Waals surface area contributed by atoms with Gasteiger partial charge in [0.2, 0.25) is 11.8 Å². The second kappa shape index (κ2) is 7.44. The van der Waals surface area contributed by atoms with Gasteiger partial charge in [0, 0.05) is 24.0 Å². The van der Waals surface area contributed by atoms with Gasteiger partial charge in [-0.05, 0) is 26.0 Å². The predicted molar refractivity (Wildman–Crippen MR) is 89.0 cm³/mol. The Morgan fingerprint density at radius 1 is 1.26 bits per heavy atom. The quantitative estimate of drug-likeness (QED) is 0.803. The van der Waals surface area contributed by atoms with Crippen LogP contribution in [0.4, 0.5) is 11.5 Å². The van der Waals surface area contributed by atoms with Crippen LogP contribution in [0.5, 0.6) is 0 Å². The molecular weight excluding hydrogens is 294 g/mol. The molecule has 7 nitrogen and oxygen atoms in total. The summed E-state index contributed by atoms with van der Waals surface area (Å²) in [6.45, 7) is 4.05. The van der Waals surface area contributed by atoms with Crippen LogP contribution in [-0.2, 0) is 16.1 Å². The van der Waals surface area contributed by atoms with Crippen LogP contribution in [0, 0.1) is 0 Å². The average molecular weight is 315 g/mol. The maximum atomic E-state index is 12.5. The summed E-state index contributed by atoms with van der Waals surface area (Å²) in [6, 6.07) is 11.3. The normalized spacial score (nSPS) is 10.6. The van der Waals surface area contributed by atoms with Crippen LogP contribution in [0.2, 0.25) is 0 Å². The van der Waals surface area contributed by atoms with Crippen molar-refractivity contribution in [2.75, 3.05) is 16.8 Å². The number of nitrogens with one attached hydrogen (secondary N) is 1. The molecule has 122 valence electrons. The lowest BCUT2D eigenvalue weighted by Gasteiger charge is -2.27. The first kappa shape index (κ1) is 16.5. The summed E-state index contributed by atoms with van der Waals surface area (Å²) in [4.78, 5) is 25.1. The third-order valence-electron chi connectivity index (χ3n) is 3.20. The van der Waals surface area contributed by atoms with Crippen molar-refractivity contribution in [3.05, 3.63) is 42.6 Å². The summed E-state index contributed by atoms with van der Waals surface area (Å²) < 4.78 is 1.42. The van der Waals surface area contributed by atoms with Crippen molar-refractivity contribution in [2.24, 2.45) is 5.73 Å². The van der Waals surface area contributed by atoms with Crippen LogP contribution in [0.25, 0.3) is 0 Å². The Hall–Kier alpha value is -2.83. The molecule has 1 heterocycles. The Morgan fingerprint density at radius 2 is 1.96 bits per heavy atom. The minimum absolute atomic E-state index is 0.0117. The van der Waals surface area contributed by atoms with E-state index in [1.54, 1.807) is 17.2 Å². The molecule has 1 aromatic carbocycles. The van der Waals surface area contributed by atoms with Gasteiger partial charge in [0.15, 0.2) is 0 Å². The molecule has 1 aromatic heterocycles. The highest BCUT2D eigenvalue weighted by atomic mass is 16.2. The van der Waals surface area contributed by atoms with Crippen LogP contribution < -0.4 is 16.0 Å². The Morgan fingerprint density at radius 3 is 2.57 bits per heavy atom. The van der Waals surface area contributed by atoms with Crippen LogP contribution >= 0.6 is 0 Å². The molecule has 0 fully saturated rings. The number of benzene rings is 1. The zero-order chi connectivity index (χ0) is 16.8. The molecule has 0 saturated carbocycles. The van der Waals surface area contributed by atoms with Crippen molar-refractivity contribution < 1.29 is 9.59 Å². The van der Waals surface area contributed by atoms with E-state index >= 15 is 0 Å². The SMILES string of the molecule is CC(C)N(C(=O)CNc1ccn(CC(N)=O)n1)c1ccccc1. The maximum absolute atomic E-state index is 12.5. The molecule has 7 heteroatoms. The van der Waals surface area contributed by atoms with Crippen LogP contribution in [0.1, 0.15) is 13.8 Å². The van der Waals surface area contributed by atoms with E-state index in [-0.39, 0.29) is 25.0 Å². The van der Waals surface area contributed by atoms with Gasteiger partial charge in [-0.3, -0.25) is 14.3 Å². The van der Waals surface area contributed by atoms with E-state index in [9.17, 15) is 9.59 Å². The molecule has 2 rings (SSSR count). The highest BCUT2D eigenvalue weighted by Gasteiger charge is 2.18. The average Bonchev–Trinajstić information content (AvgIpc) is 2.93. The number of carbonyl (C=O) groups excluding carboxylic acids is 2. The van der Waals surface area contributed by atoms with E-state index in [4.69, 9.17) is 5.73 Å². The van der Waals surface area contributed by atoms with Gasteiger partial charge >= 0.3 is 0 Å². The summed E-state index contributed by atoms with van der Waals surface area (Å²) in [6.07, 6.45) is 1.63. The van der Waals surface area contributed by atoms with Crippen molar-refractivity contribution in [2.45, 2.75) is 26.4 Å². The maximum Gasteiger partial charge on any atom is 0.246 e. The number of hydrogen-bond acceptors (Lipinski definition) is 4. The zero-order valence-corrected chi connectivity index (χ0v) is 13.3. The first-order chi connectivity index (χ1) is 11.0. The fourth-order valence-electron chi connectivity index (χ4n) is 2.27. The van der Waals surface area contributed by atoms with Gasteiger partial charge in [-0.2, -0.15) is 5.10 Å². The molecular formula is C16H21N5O2. The topological polar surface area (TPSA) is 93.3 Å². The molecule has 0 bridgehead atoms. The molecule has 23 heavy (non-hydrogen) atoms. The number of para-hydroxylation sites is 1. The number of hydrogen-bond donors (Lipinski definition) is 2. The molecule has 2 aromatic rings. The van der Waals surface area contributed by atoms with Gasteiger partial charge in [0.1, 0.15) is 12.4 Å². The third kappa shape index (κ3) is 4.57. The standard InChI is InChI=1S/C16H21N5O2/c1-12(2)21(13-6-4-3-5-7-13)16(23)10-18-15-8-9-20(19-15)11-14(17)22/h3-9,12H,10-11H2,1-2H3,(H2,17,22)(H,18,19). The Bertz CT molecular complexity index is 666. The van der Waals surface area contributed by atoms with Crippen LogP contribution in [-0.4, -0.2) is 34.2 Å². The number of anilines is 2.